The van der Waals surface area contributed by atoms with E-state index >= 15 is 0 Å². The summed E-state index contributed by atoms with van der Waals surface area (Å²) in [5.41, 5.74) is 4.27. The maximum atomic E-state index is 12.4. The first-order valence-corrected chi connectivity index (χ1v) is 8.73. The van der Waals surface area contributed by atoms with Crippen LogP contribution in [-0.2, 0) is 4.74 Å². The lowest BCUT2D eigenvalue weighted by molar-refractivity contribution is -0.384. The van der Waals surface area contributed by atoms with E-state index in [-0.39, 0.29) is 28.8 Å². The molecule has 134 valence electrons. The largest absolute Gasteiger partial charge is 0.461 e. The van der Waals surface area contributed by atoms with Gasteiger partial charge in [-0.05, 0) is 34.4 Å². The molecule has 0 radical (unpaired) electrons. The van der Waals surface area contributed by atoms with Crippen LogP contribution < -0.4 is 0 Å². The van der Waals surface area contributed by atoms with E-state index < -0.39 is 10.9 Å². The first kappa shape index (κ1) is 17.2. The molecule has 3 aromatic carbocycles. The van der Waals surface area contributed by atoms with E-state index in [9.17, 15) is 14.9 Å². The zero-order valence-electron chi connectivity index (χ0n) is 14.1. The van der Waals surface area contributed by atoms with Crippen molar-refractivity contribution in [3.8, 4) is 11.1 Å². The third-order valence-corrected chi connectivity index (χ3v) is 5.04. The van der Waals surface area contributed by atoms with Gasteiger partial charge in [0.1, 0.15) is 11.6 Å². The standard InChI is InChI=1S/C21H14ClNO4/c22-19-10-9-13(11-20(19)23(25)26)21(24)27-12-18-16-7-3-1-5-14(16)15-6-2-4-8-17(15)18/h1-11,18H,12H2. The normalized spacial score (nSPS) is 12.3. The Labute approximate surface area is 160 Å². The predicted octanol–water partition coefficient (Wildman–Crippen LogP) is 5.22. The number of hydrogen-bond acceptors (Lipinski definition) is 4. The molecule has 4 rings (SSSR count). The van der Waals surface area contributed by atoms with Crippen molar-refractivity contribution in [2.75, 3.05) is 6.61 Å². The molecular formula is C21H14ClNO4. The molecule has 0 heterocycles. The molecule has 0 saturated heterocycles. The van der Waals surface area contributed by atoms with Crippen LogP contribution in [0.1, 0.15) is 27.4 Å². The highest BCUT2D eigenvalue weighted by atomic mass is 35.5. The average molecular weight is 380 g/mol. The second-order valence-electron chi connectivity index (χ2n) is 6.25. The number of halogens is 1. The van der Waals surface area contributed by atoms with Crippen molar-refractivity contribution in [1.29, 1.82) is 0 Å². The highest BCUT2D eigenvalue weighted by Gasteiger charge is 2.29. The number of nitro benzene ring substituents is 1. The number of hydrogen-bond donors (Lipinski definition) is 0. The van der Waals surface area contributed by atoms with E-state index in [1.165, 1.54) is 12.1 Å². The van der Waals surface area contributed by atoms with Crippen molar-refractivity contribution in [1.82, 2.24) is 0 Å². The van der Waals surface area contributed by atoms with Crippen molar-refractivity contribution in [2.24, 2.45) is 0 Å². The summed E-state index contributed by atoms with van der Waals surface area (Å²) in [6, 6.07) is 19.9. The van der Waals surface area contributed by atoms with E-state index in [0.717, 1.165) is 28.3 Å². The highest BCUT2D eigenvalue weighted by Crippen LogP contribution is 2.44. The van der Waals surface area contributed by atoms with Gasteiger partial charge in [0.05, 0.1) is 10.5 Å². The molecular weight excluding hydrogens is 366 g/mol. The Bertz CT molecular complexity index is 1020. The Morgan fingerprint density at radius 3 is 2.19 bits per heavy atom. The molecule has 6 heteroatoms. The molecule has 27 heavy (non-hydrogen) atoms. The van der Waals surface area contributed by atoms with Crippen LogP contribution in [0.4, 0.5) is 5.69 Å². The molecule has 1 aliphatic carbocycles. The molecule has 0 spiro atoms. The maximum absolute atomic E-state index is 12.4. The van der Waals surface area contributed by atoms with Crippen LogP contribution in [0.2, 0.25) is 5.02 Å². The van der Waals surface area contributed by atoms with Crippen LogP contribution in [0.3, 0.4) is 0 Å². The van der Waals surface area contributed by atoms with E-state index in [2.05, 4.69) is 12.1 Å². The van der Waals surface area contributed by atoms with Crippen molar-refractivity contribution >= 4 is 23.3 Å². The Morgan fingerprint density at radius 1 is 1.00 bits per heavy atom. The minimum Gasteiger partial charge on any atom is -0.461 e. The molecule has 3 aromatic rings. The third-order valence-electron chi connectivity index (χ3n) is 4.72. The number of carbonyl (C=O) groups is 1. The summed E-state index contributed by atoms with van der Waals surface area (Å²) in [5, 5.41) is 11.0. The Hall–Kier alpha value is -3.18. The SMILES string of the molecule is O=C(OCC1c2ccccc2-c2ccccc21)c1ccc(Cl)c([N+](=O)[O-])c1. The van der Waals surface area contributed by atoms with Gasteiger partial charge in [0.2, 0.25) is 0 Å². The summed E-state index contributed by atoms with van der Waals surface area (Å²) in [6.45, 7) is 0.156. The molecule has 0 fully saturated rings. The first-order chi connectivity index (χ1) is 13.1. The molecule has 1 aliphatic rings. The maximum Gasteiger partial charge on any atom is 0.338 e. The molecule has 0 bridgehead atoms. The van der Waals surface area contributed by atoms with Gasteiger partial charge in [0, 0.05) is 12.0 Å². The summed E-state index contributed by atoms with van der Waals surface area (Å²) < 4.78 is 5.50. The second kappa shape index (κ2) is 6.85. The number of ether oxygens (including phenoxy) is 1. The van der Waals surface area contributed by atoms with Crippen molar-refractivity contribution < 1.29 is 14.5 Å². The van der Waals surface area contributed by atoms with Crippen molar-refractivity contribution in [2.45, 2.75) is 5.92 Å². The smallest absolute Gasteiger partial charge is 0.338 e. The van der Waals surface area contributed by atoms with Crippen LogP contribution >= 0.6 is 11.6 Å². The van der Waals surface area contributed by atoms with Crippen molar-refractivity contribution in [3.63, 3.8) is 0 Å². The molecule has 0 N–H and O–H groups in total. The highest BCUT2D eigenvalue weighted by molar-refractivity contribution is 6.32. The van der Waals surface area contributed by atoms with Gasteiger partial charge >= 0.3 is 5.97 Å². The fourth-order valence-corrected chi connectivity index (χ4v) is 3.65. The lowest BCUT2D eigenvalue weighted by atomic mass is 9.98. The van der Waals surface area contributed by atoms with Gasteiger partial charge in [-0.2, -0.15) is 0 Å². The van der Waals surface area contributed by atoms with Crippen LogP contribution in [0.15, 0.2) is 66.7 Å². The molecule has 0 aliphatic heterocycles. The molecule has 5 nitrogen and oxygen atoms in total. The van der Waals surface area contributed by atoms with E-state index in [1.54, 1.807) is 0 Å². The van der Waals surface area contributed by atoms with Gasteiger partial charge in [-0.15, -0.1) is 0 Å². The Balaban J connectivity index is 1.58. The van der Waals surface area contributed by atoms with Gasteiger partial charge in [0.15, 0.2) is 0 Å². The number of esters is 1. The molecule has 0 saturated carbocycles. The van der Waals surface area contributed by atoms with Gasteiger partial charge in [-0.25, -0.2) is 4.79 Å². The fraction of sp³-hybridized carbons (Fsp3) is 0.0952. The summed E-state index contributed by atoms with van der Waals surface area (Å²) in [7, 11) is 0. The topological polar surface area (TPSA) is 69.4 Å². The number of benzene rings is 3. The minimum atomic E-state index is -0.622. The molecule has 0 atom stereocenters. The summed E-state index contributed by atoms with van der Waals surface area (Å²) in [4.78, 5) is 22.8. The van der Waals surface area contributed by atoms with Crippen LogP contribution in [-0.4, -0.2) is 17.5 Å². The predicted molar refractivity (Wildman–Crippen MR) is 102 cm³/mol. The van der Waals surface area contributed by atoms with Crippen LogP contribution in [0.5, 0.6) is 0 Å². The lowest BCUT2D eigenvalue weighted by Crippen LogP contribution is -2.13. The van der Waals surface area contributed by atoms with Crippen molar-refractivity contribution in [3.05, 3.63) is 98.6 Å². The van der Waals surface area contributed by atoms with Gasteiger partial charge in [-0.3, -0.25) is 10.1 Å². The van der Waals surface area contributed by atoms with Gasteiger partial charge < -0.3 is 4.74 Å². The van der Waals surface area contributed by atoms with E-state index in [0.29, 0.717) is 0 Å². The number of fused-ring (bicyclic) bond motifs is 3. The molecule has 0 amide bonds. The summed E-state index contributed by atoms with van der Waals surface area (Å²) >= 11 is 5.80. The first-order valence-electron chi connectivity index (χ1n) is 8.35. The van der Waals surface area contributed by atoms with Crippen LogP contribution in [0.25, 0.3) is 11.1 Å². The second-order valence-corrected chi connectivity index (χ2v) is 6.66. The average Bonchev–Trinajstić information content (AvgIpc) is 3.00. The summed E-state index contributed by atoms with van der Waals surface area (Å²) in [5.74, 6) is -0.680. The van der Waals surface area contributed by atoms with Crippen LogP contribution in [0, 0.1) is 10.1 Å². The van der Waals surface area contributed by atoms with E-state index in [4.69, 9.17) is 16.3 Å². The lowest BCUT2D eigenvalue weighted by Gasteiger charge is -2.14. The monoisotopic (exact) mass is 379 g/mol. The number of nitro groups is 1. The van der Waals surface area contributed by atoms with E-state index in [1.807, 2.05) is 36.4 Å². The molecule has 0 unspecified atom stereocenters. The van der Waals surface area contributed by atoms with Gasteiger partial charge in [0.25, 0.3) is 5.69 Å². The van der Waals surface area contributed by atoms with Gasteiger partial charge in [-0.1, -0.05) is 60.1 Å². The summed E-state index contributed by atoms with van der Waals surface area (Å²) in [6.07, 6.45) is 0. The quantitative estimate of drug-likeness (QED) is 0.354. The zero-order chi connectivity index (χ0) is 19.0. The zero-order valence-corrected chi connectivity index (χ0v) is 14.8. The number of nitrogens with zero attached hydrogens (tertiary/aromatic N) is 1. The Morgan fingerprint density at radius 2 is 1.59 bits per heavy atom. The minimum absolute atomic E-state index is 0.0183. The Kier molecular flexibility index (Phi) is 4.38. The number of rotatable bonds is 4. The third kappa shape index (κ3) is 3.06. The molecule has 0 aromatic heterocycles. The number of carbonyl (C=O) groups excluding carboxylic acids is 1. The fourth-order valence-electron chi connectivity index (χ4n) is 3.46.